The first-order chi connectivity index (χ1) is 15.2. The van der Waals surface area contributed by atoms with Gasteiger partial charge in [-0.3, -0.25) is 19.3 Å². The summed E-state index contributed by atoms with van der Waals surface area (Å²) in [6.45, 7) is 2.61. The Balaban J connectivity index is 1.78. The number of fused-ring (bicyclic) bond motifs is 1. The molecular formula is C22H21N3O5S2. The van der Waals surface area contributed by atoms with E-state index in [1.807, 2.05) is 11.5 Å². The van der Waals surface area contributed by atoms with Crippen molar-refractivity contribution in [3.63, 3.8) is 0 Å². The van der Waals surface area contributed by atoms with Crippen molar-refractivity contribution >= 4 is 54.8 Å². The van der Waals surface area contributed by atoms with E-state index in [9.17, 15) is 22.8 Å². The van der Waals surface area contributed by atoms with Gasteiger partial charge in [-0.25, -0.2) is 8.42 Å². The zero-order valence-electron chi connectivity index (χ0n) is 17.6. The van der Waals surface area contributed by atoms with Crippen LogP contribution in [0.4, 0.5) is 5.69 Å². The molecule has 3 aromatic rings. The molecule has 4 rings (SSSR count). The summed E-state index contributed by atoms with van der Waals surface area (Å²) in [4.78, 5) is 43.0. The molecule has 10 heteroatoms. The van der Waals surface area contributed by atoms with E-state index in [0.717, 1.165) is 27.8 Å². The number of amides is 3. The Labute approximate surface area is 188 Å². The predicted molar refractivity (Wildman–Crippen MR) is 121 cm³/mol. The van der Waals surface area contributed by atoms with Crippen LogP contribution in [0.5, 0.6) is 0 Å². The number of carbonyl (C=O) groups is 3. The molecule has 0 spiro atoms. The van der Waals surface area contributed by atoms with Crippen LogP contribution in [-0.4, -0.2) is 37.0 Å². The molecule has 1 aliphatic heterocycles. The number of anilines is 1. The maximum atomic E-state index is 12.9. The monoisotopic (exact) mass is 471 g/mol. The highest BCUT2D eigenvalue weighted by atomic mass is 32.2. The van der Waals surface area contributed by atoms with E-state index in [4.69, 9.17) is 0 Å². The second-order valence-corrected chi connectivity index (χ2v) is 10.6. The van der Waals surface area contributed by atoms with Gasteiger partial charge in [-0.1, -0.05) is 24.3 Å². The van der Waals surface area contributed by atoms with Gasteiger partial charge in [0.05, 0.1) is 20.8 Å². The number of aromatic nitrogens is 1. The molecule has 3 amide bonds. The molecule has 2 aromatic carbocycles. The van der Waals surface area contributed by atoms with Gasteiger partial charge in [0.1, 0.15) is 0 Å². The predicted octanol–water partition coefficient (Wildman–Crippen LogP) is 2.91. The summed E-state index contributed by atoms with van der Waals surface area (Å²) >= 11 is 1.24. The van der Waals surface area contributed by atoms with Gasteiger partial charge in [-0.15, -0.1) is 0 Å². The SMILES string of the molecule is CCCn1c(=NC(=O)c2cccc(N3C(=O)CCC3=O)c2)sc2cc(S(C)(=O)=O)ccc21. The number of rotatable bonds is 5. The van der Waals surface area contributed by atoms with Crippen LogP contribution in [0.15, 0.2) is 52.4 Å². The molecule has 1 aromatic heterocycles. The number of benzene rings is 2. The van der Waals surface area contributed by atoms with E-state index < -0.39 is 15.7 Å². The minimum Gasteiger partial charge on any atom is -0.316 e. The van der Waals surface area contributed by atoms with E-state index in [1.54, 1.807) is 36.4 Å². The van der Waals surface area contributed by atoms with Gasteiger partial charge < -0.3 is 4.57 Å². The van der Waals surface area contributed by atoms with Gasteiger partial charge in [0.25, 0.3) is 5.91 Å². The highest BCUT2D eigenvalue weighted by Gasteiger charge is 2.30. The third-order valence-electron chi connectivity index (χ3n) is 5.13. The molecule has 0 saturated carbocycles. The van der Waals surface area contributed by atoms with Gasteiger partial charge in [-0.05, 0) is 42.8 Å². The number of hydrogen-bond acceptors (Lipinski definition) is 6. The summed E-state index contributed by atoms with van der Waals surface area (Å²) in [5, 5.41) is 0. The van der Waals surface area contributed by atoms with E-state index >= 15 is 0 Å². The molecule has 166 valence electrons. The number of carbonyl (C=O) groups excluding carboxylic acids is 3. The zero-order chi connectivity index (χ0) is 23.0. The molecule has 1 saturated heterocycles. The van der Waals surface area contributed by atoms with E-state index in [2.05, 4.69) is 4.99 Å². The molecule has 32 heavy (non-hydrogen) atoms. The second-order valence-electron chi connectivity index (χ2n) is 7.53. The molecule has 1 aliphatic rings. The van der Waals surface area contributed by atoms with E-state index in [0.29, 0.717) is 17.0 Å². The van der Waals surface area contributed by atoms with Crippen LogP contribution < -0.4 is 9.70 Å². The fourth-order valence-corrected chi connectivity index (χ4v) is 5.42. The average Bonchev–Trinajstić information content (AvgIpc) is 3.26. The van der Waals surface area contributed by atoms with Crippen LogP contribution in [0.25, 0.3) is 10.2 Å². The largest absolute Gasteiger partial charge is 0.316 e. The molecule has 0 radical (unpaired) electrons. The number of nitrogens with zero attached hydrogens (tertiary/aromatic N) is 3. The van der Waals surface area contributed by atoms with Crippen LogP contribution in [0.3, 0.4) is 0 Å². The first-order valence-electron chi connectivity index (χ1n) is 10.1. The number of aryl methyl sites for hydroxylation is 1. The molecule has 1 fully saturated rings. The van der Waals surface area contributed by atoms with Crippen LogP contribution in [0.1, 0.15) is 36.5 Å². The van der Waals surface area contributed by atoms with Crippen molar-refractivity contribution in [1.29, 1.82) is 0 Å². The summed E-state index contributed by atoms with van der Waals surface area (Å²) < 4.78 is 26.4. The molecule has 2 heterocycles. The van der Waals surface area contributed by atoms with Crippen molar-refractivity contribution in [2.75, 3.05) is 11.2 Å². The molecule has 8 nitrogen and oxygen atoms in total. The van der Waals surface area contributed by atoms with E-state index in [-0.39, 0.29) is 35.1 Å². The maximum absolute atomic E-state index is 12.9. The standard InChI is InChI=1S/C22H21N3O5S2/c1-3-11-24-17-8-7-16(32(2,29)30)13-18(17)31-22(24)23-21(28)14-5-4-6-15(12-14)25-19(26)9-10-20(25)27/h4-8,12-13H,3,9-11H2,1-2H3. The molecule has 0 N–H and O–H groups in total. The quantitative estimate of drug-likeness (QED) is 0.532. The van der Waals surface area contributed by atoms with Gasteiger partial charge in [0.15, 0.2) is 14.6 Å². The lowest BCUT2D eigenvalue weighted by Gasteiger charge is -2.14. The van der Waals surface area contributed by atoms with Crippen LogP contribution in [0.2, 0.25) is 0 Å². The lowest BCUT2D eigenvalue weighted by molar-refractivity contribution is -0.121. The van der Waals surface area contributed by atoms with Crippen molar-refractivity contribution < 1.29 is 22.8 Å². The second kappa shape index (κ2) is 8.44. The number of thiazole rings is 1. The molecule has 0 unspecified atom stereocenters. The lowest BCUT2D eigenvalue weighted by Crippen LogP contribution is -2.28. The summed E-state index contributed by atoms with van der Waals surface area (Å²) in [6.07, 6.45) is 2.28. The van der Waals surface area contributed by atoms with Crippen molar-refractivity contribution in [1.82, 2.24) is 4.57 Å². The summed E-state index contributed by atoms with van der Waals surface area (Å²) in [5.41, 5.74) is 1.42. The Kier molecular flexibility index (Phi) is 5.83. The van der Waals surface area contributed by atoms with Gasteiger partial charge in [0, 0.05) is 31.2 Å². The fraction of sp³-hybridized carbons (Fsp3) is 0.273. The van der Waals surface area contributed by atoms with Gasteiger partial charge >= 0.3 is 0 Å². The van der Waals surface area contributed by atoms with Crippen LogP contribution in [0, 0.1) is 0 Å². The number of sulfone groups is 1. The Hall–Kier alpha value is -3.11. The first-order valence-corrected chi connectivity index (χ1v) is 12.8. The average molecular weight is 472 g/mol. The van der Waals surface area contributed by atoms with Crippen LogP contribution >= 0.6 is 11.3 Å². The minimum absolute atomic E-state index is 0.162. The minimum atomic E-state index is -3.36. The topological polar surface area (TPSA) is 106 Å². The van der Waals surface area contributed by atoms with Crippen molar-refractivity contribution in [2.24, 2.45) is 4.99 Å². The van der Waals surface area contributed by atoms with Crippen molar-refractivity contribution in [3.8, 4) is 0 Å². The highest BCUT2D eigenvalue weighted by Crippen LogP contribution is 2.24. The Morgan fingerprint density at radius 3 is 2.47 bits per heavy atom. The van der Waals surface area contributed by atoms with Gasteiger partial charge in [-0.2, -0.15) is 4.99 Å². The smallest absolute Gasteiger partial charge is 0.279 e. The van der Waals surface area contributed by atoms with Crippen LogP contribution in [-0.2, 0) is 26.0 Å². The van der Waals surface area contributed by atoms with Crippen molar-refractivity contribution in [2.45, 2.75) is 37.6 Å². The third kappa shape index (κ3) is 4.15. The normalized spacial score (nSPS) is 15.2. The van der Waals surface area contributed by atoms with Crippen molar-refractivity contribution in [3.05, 3.63) is 52.8 Å². The van der Waals surface area contributed by atoms with E-state index in [1.165, 1.54) is 17.4 Å². The third-order valence-corrected chi connectivity index (χ3v) is 7.28. The molecule has 0 bridgehead atoms. The number of hydrogen-bond donors (Lipinski definition) is 0. The molecule has 0 atom stereocenters. The summed E-state index contributed by atoms with van der Waals surface area (Å²) in [5.74, 6) is -1.09. The molecule has 0 aliphatic carbocycles. The molecular weight excluding hydrogens is 450 g/mol. The fourth-order valence-electron chi connectivity index (χ4n) is 3.60. The maximum Gasteiger partial charge on any atom is 0.279 e. The highest BCUT2D eigenvalue weighted by molar-refractivity contribution is 7.90. The number of imide groups is 1. The summed E-state index contributed by atoms with van der Waals surface area (Å²) in [7, 11) is -3.36. The van der Waals surface area contributed by atoms with Gasteiger partial charge in [0.2, 0.25) is 11.8 Å². The summed E-state index contributed by atoms with van der Waals surface area (Å²) in [6, 6.07) is 11.2. The zero-order valence-corrected chi connectivity index (χ0v) is 19.2. The first kappa shape index (κ1) is 22.1. The Bertz CT molecular complexity index is 1420. The Morgan fingerprint density at radius 2 is 1.81 bits per heavy atom. The Morgan fingerprint density at radius 1 is 1.09 bits per heavy atom. The lowest BCUT2D eigenvalue weighted by atomic mass is 10.2.